The number of phenols is 1. The third-order valence-corrected chi connectivity index (χ3v) is 5.84. The number of hydrogen-bond acceptors (Lipinski definition) is 6. The number of sulfonamides is 1. The van der Waals surface area contributed by atoms with Gasteiger partial charge < -0.3 is 9.84 Å². The van der Waals surface area contributed by atoms with E-state index in [1.807, 2.05) is 30.3 Å². The second-order valence-corrected chi connectivity index (χ2v) is 9.79. The number of nitrogens with zero attached hydrogens (tertiary/aromatic N) is 1. The van der Waals surface area contributed by atoms with Crippen LogP contribution in [0, 0.1) is 0 Å². The number of phenolic OH excluding ortho intramolecular Hbond substituents is 1. The molecule has 168 valence electrons. The van der Waals surface area contributed by atoms with Crippen molar-refractivity contribution in [3.63, 3.8) is 0 Å². The Kier molecular flexibility index (Phi) is 6.86. The van der Waals surface area contributed by atoms with Crippen LogP contribution in [0.25, 0.3) is 0 Å². The van der Waals surface area contributed by atoms with E-state index in [0.29, 0.717) is 0 Å². The molecule has 0 saturated carbocycles. The molecule has 32 heavy (non-hydrogen) atoms. The average Bonchev–Trinajstić information content (AvgIpc) is 2.74. The van der Waals surface area contributed by atoms with Gasteiger partial charge in [0, 0.05) is 0 Å². The van der Waals surface area contributed by atoms with Crippen LogP contribution in [0.4, 0.5) is 5.69 Å². The Balaban J connectivity index is 1.96. The molecular formula is C24H25NO6S. The molecule has 0 bridgehead atoms. The maximum absolute atomic E-state index is 13.5. The van der Waals surface area contributed by atoms with Crippen molar-refractivity contribution in [2.45, 2.75) is 37.9 Å². The van der Waals surface area contributed by atoms with E-state index >= 15 is 0 Å². The van der Waals surface area contributed by atoms with Crippen molar-refractivity contribution in [3.8, 4) is 5.75 Å². The van der Waals surface area contributed by atoms with Crippen LogP contribution in [0.2, 0.25) is 0 Å². The van der Waals surface area contributed by atoms with E-state index in [2.05, 4.69) is 0 Å². The first-order chi connectivity index (χ1) is 15.1. The van der Waals surface area contributed by atoms with Crippen molar-refractivity contribution in [2.24, 2.45) is 0 Å². The number of benzene rings is 3. The molecule has 0 fully saturated rings. The lowest BCUT2D eigenvalue weighted by atomic mass is 10.2. The minimum Gasteiger partial charge on any atom is -0.508 e. The third kappa shape index (κ3) is 5.87. The Morgan fingerprint density at radius 3 is 2.22 bits per heavy atom. The van der Waals surface area contributed by atoms with Gasteiger partial charge in [-0.15, -0.1) is 4.47 Å². The van der Waals surface area contributed by atoms with Gasteiger partial charge in [-0.2, -0.15) is 8.42 Å². The minimum atomic E-state index is -4.22. The maximum atomic E-state index is 13.5. The second kappa shape index (κ2) is 9.42. The summed E-state index contributed by atoms with van der Waals surface area (Å²) in [7, 11) is -4.22. The minimum absolute atomic E-state index is 0.00724. The molecule has 8 heteroatoms. The molecule has 7 nitrogen and oxygen atoms in total. The highest BCUT2D eigenvalue weighted by Gasteiger charge is 2.28. The summed E-state index contributed by atoms with van der Waals surface area (Å²) in [6.07, 6.45) is 0. The summed E-state index contributed by atoms with van der Waals surface area (Å²) in [6.45, 7) is 5.19. The Bertz CT molecular complexity index is 1170. The van der Waals surface area contributed by atoms with Gasteiger partial charge in [0.1, 0.15) is 18.0 Å². The van der Waals surface area contributed by atoms with Crippen LogP contribution in [0.15, 0.2) is 83.8 Å². The van der Waals surface area contributed by atoms with E-state index in [1.54, 1.807) is 20.8 Å². The van der Waals surface area contributed by atoms with Gasteiger partial charge in [0.2, 0.25) is 0 Å². The van der Waals surface area contributed by atoms with Gasteiger partial charge in [0.25, 0.3) is 10.0 Å². The van der Waals surface area contributed by atoms with E-state index in [4.69, 9.17) is 9.57 Å². The van der Waals surface area contributed by atoms with Gasteiger partial charge in [0.15, 0.2) is 0 Å². The highest BCUT2D eigenvalue weighted by atomic mass is 32.2. The zero-order valence-corrected chi connectivity index (χ0v) is 18.9. The van der Waals surface area contributed by atoms with Gasteiger partial charge in [-0.3, -0.25) is 4.84 Å². The molecule has 0 radical (unpaired) electrons. The number of rotatable bonds is 7. The van der Waals surface area contributed by atoms with Crippen LogP contribution in [0.3, 0.4) is 0 Å². The van der Waals surface area contributed by atoms with E-state index in [1.165, 1.54) is 48.5 Å². The van der Waals surface area contributed by atoms with Crippen molar-refractivity contribution in [1.29, 1.82) is 0 Å². The van der Waals surface area contributed by atoms with Gasteiger partial charge in [-0.25, -0.2) is 4.79 Å². The van der Waals surface area contributed by atoms with Crippen LogP contribution < -0.4 is 4.47 Å². The second-order valence-electron chi connectivity index (χ2n) is 8.04. The normalized spacial score (nSPS) is 11.7. The van der Waals surface area contributed by atoms with Gasteiger partial charge in [0.05, 0.1) is 16.1 Å². The lowest BCUT2D eigenvalue weighted by Crippen LogP contribution is -2.31. The zero-order valence-electron chi connectivity index (χ0n) is 18.1. The standard InChI is InChI=1S/C24H25NO6S/c1-24(2,3)31-23(27)19-10-7-11-22(16-19)32(28,29)25(20-12-14-21(26)15-13-20)30-17-18-8-5-4-6-9-18/h4-16,26H,17H2,1-3H3. The van der Waals surface area contributed by atoms with Crippen molar-refractivity contribution in [1.82, 2.24) is 0 Å². The van der Waals surface area contributed by atoms with Crippen molar-refractivity contribution in [2.75, 3.05) is 4.47 Å². The van der Waals surface area contributed by atoms with Gasteiger partial charge in [-0.05, 0) is 68.8 Å². The quantitative estimate of drug-likeness (QED) is 0.411. The molecule has 0 aromatic heterocycles. The Morgan fingerprint density at radius 2 is 1.59 bits per heavy atom. The molecule has 0 saturated heterocycles. The fourth-order valence-electron chi connectivity index (χ4n) is 2.78. The molecule has 0 heterocycles. The molecule has 3 aromatic carbocycles. The summed E-state index contributed by atoms with van der Waals surface area (Å²) in [4.78, 5) is 18.0. The maximum Gasteiger partial charge on any atom is 0.338 e. The molecular weight excluding hydrogens is 430 g/mol. The molecule has 0 unspecified atom stereocenters. The number of carbonyl (C=O) groups is 1. The van der Waals surface area contributed by atoms with Crippen molar-refractivity contribution >= 4 is 21.7 Å². The number of ether oxygens (including phenoxy) is 1. The lowest BCUT2D eigenvalue weighted by molar-refractivity contribution is 0.00692. The molecule has 0 aliphatic heterocycles. The predicted octanol–water partition coefficient (Wildman–Crippen LogP) is 4.67. The first-order valence-electron chi connectivity index (χ1n) is 9.91. The largest absolute Gasteiger partial charge is 0.508 e. The molecule has 3 aromatic rings. The Labute approximate surface area is 187 Å². The molecule has 1 N–H and O–H groups in total. The molecule has 3 rings (SSSR count). The molecule has 0 aliphatic rings. The lowest BCUT2D eigenvalue weighted by Gasteiger charge is -2.24. The Hall–Kier alpha value is -3.36. The van der Waals surface area contributed by atoms with Crippen LogP contribution in [-0.4, -0.2) is 25.1 Å². The zero-order chi connectivity index (χ0) is 23.4. The van der Waals surface area contributed by atoms with Crippen LogP contribution in [0.1, 0.15) is 36.7 Å². The summed E-state index contributed by atoms with van der Waals surface area (Å²) in [6, 6.07) is 20.3. The highest BCUT2D eigenvalue weighted by Crippen LogP contribution is 2.27. The number of hydrogen-bond donors (Lipinski definition) is 1. The van der Waals surface area contributed by atoms with Crippen molar-refractivity contribution in [3.05, 3.63) is 90.0 Å². The molecule has 0 atom stereocenters. The van der Waals surface area contributed by atoms with E-state index in [-0.39, 0.29) is 28.5 Å². The summed E-state index contributed by atoms with van der Waals surface area (Å²) in [5.74, 6) is -0.642. The summed E-state index contributed by atoms with van der Waals surface area (Å²) in [5, 5.41) is 9.60. The summed E-state index contributed by atoms with van der Waals surface area (Å²) in [5.41, 5.74) is 0.355. The van der Waals surface area contributed by atoms with Crippen LogP contribution >= 0.6 is 0 Å². The van der Waals surface area contributed by atoms with Crippen molar-refractivity contribution < 1.29 is 27.9 Å². The first kappa shape index (κ1) is 23.3. The number of carbonyl (C=O) groups excluding carboxylic acids is 1. The van der Waals surface area contributed by atoms with Crippen LogP contribution in [-0.2, 0) is 26.2 Å². The fourth-order valence-corrected chi connectivity index (χ4v) is 4.09. The first-order valence-corrected chi connectivity index (χ1v) is 11.3. The van der Waals surface area contributed by atoms with Crippen LogP contribution in [0.5, 0.6) is 5.75 Å². The molecule has 0 aliphatic carbocycles. The van der Waals surface area contributed by atoms with Gasteiger partial charge >= 0.3 is 5.97 Å². The Morgan fingerprint density at radius 1 is 0.938 bits per heavy atom. The third-order valence-electron chi connectivity index (χ3n) is 4.24. The SMILES string of the molecule is CC(C)(C)OC(=O)c1cccc(S(=O)(=O)N(OCc2ccccc2)c2ccc(O)cc2)c1. The smallest absolute Gasteiger partial charge is 0.338 e. The van der Waals surface area contributed by atoms with E-state index in [0.717, 1.165) is 10.0 Å². The topological polar surface area (TPSA) is 93.1 Å². The number of aromatic hydroxyl groups is 1. The molecule has 0 amide bonds. The summed E-state index contributed by atoms with van der Waals surface area (Å²) >= 11 is 0. The number of anilines is 1. The fraction of sp³-hybridized carbons (Fsp3) is 0.208. The van der Waals surface area contributed by atoms with Gasteiger partial charge in [-0.1, -0.05) is 36.4 Å². The average molecular weight is 456 g/mol. The number of esters is 1. The monoisotopic (exact) mass is 455 g/mol. The van der Waals surface area contributed by atoms with E-state index in [9.17, 15) is 18.3 Å². The molecule has 0 spiro atoms. The predicted molar refractivity (Wildman–Crippen MR) is 121 cm³/mol. The summed E-state index contributed by atoms with van der Waals surface area (Å²) < 4.78 is 33.1. The highest BCUT2D eigenvalue weighted by molar-refractivity contribution is 7.92. The van der Waals surface area contributed by atoms with E-state index < -0.39 is 21.6 Å².